The predicted molar refractivity (Wildman–Crippen MR) is 77.1 cm³/mol. The summed E-state index contributed by atoms with van der Waals surface area (Å²) in [6, 6.07) is 0.873. The fourth-order valence-corrected chi connectivity index (χ4v) is 2.93. The summed E-state index contributed by atoms with van der Waals surface area (Å²) < 4.78 is 0. The summed E-state index contributed by atoms with van der Waals surface area (Å²) in [4.78, 5) is 3.42. The Labute approximate surface area is 111 Å². The van der Waals surface area contributed by atoms with Crippen molar-refractivity contribution in [1.82, 2.24) is 4.90 Å². The van der Waals surface area contributed by atoms with Gasteiger partial charge >= 0.3 is 0 Å². The van der Waals surface area contributed by atoms with Gasteiger partial charge in [-0.05, 0) is 50.0 Å². The molecule has 2 saturated carbocycles. The second-order valence-corrected chi connectivity index (χ2v) is 7.05. The van der Waals surface area contributed by atoms with E-state index in [9.17, 15) is 0 Å². The minimum atomic E-state index is 0.464. The van der Waals surface area contributed by atoms with Crippen LogP contribution in [-0.4, -0.2) is 29.0 Å². The Morgan fingerprint density at radius 2 is 2.06 bits per heavy atom. The number of hydrogen-bond acceptors (Lipinski definition) is 2. The summed E-state index contributed by atoms with van der Waals surface area (Å²) in [5.41, 5.74) is 6.18. The Morgan fingerprint density at radius 3 is 2.47 bits per heavy atom. The van der Waals surface area contributed by atoms with Gasteiger partial charge < -0.3 is 5.73 Å². The van der Waals surface area contributed by atoms with Gasteiger partial charge in [0, 0.05) is 19.0 Å². The third-order valence-corrected chi connectivity index (χ3v) is 4.25. The maximum absolute atomic E-state index is 5.72. The van der Waals surface area contributed by atoms with Crippen molar-refractivity contribution in [2.75, 3.05) is 13.1 Å². The van der Waals surface area contributed by atoms with Crippen LogP contribution < -0.4 is 5.73 Å². The molecule has 17 heavy (non-hydrogen) atoms. The molecule has 2 nitrogen and oxygen atoms in total. The molecule has 0 aliphatic heterocycles. The van der Waals surface area contributed by atoms with Crippen molar-refractivity contribution in [3.05, 3.63) is 0 Å². The highest BCUT2D eigenvalue weighted by molar-refractivity contribution is 7.80. The molecule has 0 bridgehead atoms. The predicted octanol–water partition coefficient (Wildman–Crippen LogP) is 2.95. The summed E-state index contributed by atoms with van der Waals surface area (Å²) in [6.45, 7) is 7.13. The first-order valence-corrected chi connectivity index (χ1v) is 7.44. The minimum Gasteiger partial charge on any atom is -0.393 e. The standard InChI is InChI=1S/C14H26N2S/c1-11(2)5-8-16(12-3-4-12)10-14(6-7-14)9-13(15)17/h11-12H,3-10H2,1-2H3,(H2,15,17). The van der Waals surface area contributed by atoms with Gasteiger partial charge in [-0.15, -0.1) is 0 Å². The lowest BCUT2D eigenvalue weighted by Crippen LogP contribution is -2.35. The van der Waals surface area contributed by atoms with Gasteiger partial charge in [-0.1, -0.05) is 26.1 Å². The summed E-state index contributed by atoms with van der Waals surface area (Å²) in [7, 11) is 0. The molecule has 2 aliphatic carbocycles. The van der Waals surface area contributed by atoms with Crippen LogP contribution in [0.25, 0.3) is 0 Å². The fourth-order valence-electron chi connectivity index (χ4n) is 2.62. The van der Waals surface area contributed by atoms with Gasteiger partial charge in [-0.25, -0.2) is 0 Å². The highest BCUT2D eigenvalue weighted by atomic mass is 32.1. The van der Waals surface area contributed by atoms with Gasteiger partial charge in [-0.2, -0.15) is 0 Å². The Morgan fingerprint density at radius 1 is 1.41 bits per heavy atom. The van der Waals surface area contributed by atoms with Crippen LogP contribution in [0, 0.1) is 11.3 Å². The summed E-state index contributed by atoms with van der Waals surface area (Å²) >= 11 is 5.08. The van der Waals surface area contributed by atoms with Crippen molar-refractivity contribution in [3.63, 3.8) is 0 Å². The van der Waals surface area contributed by atoms with Crippen molar-refractivity contribution in [1.29, 1.82) is 0 Å². The zero-order chi connectivity index (χ0) is 12.5. The second-order valence-electron chi connectivity index (χ2n) is 6.53. The van der Waals surface area contributed by atoms with Crippen LogP contribution in [0.5, 0.6) is 0 Å². The van der Waals surface area contributed by atoms with E-state index in [-0.39, 0.29) is 0 Å². The Kier molecular flexibility index (Phi) is 4.09. The van der Waals surface area contributed by atoms with E-state index in [1.807, 2.05) is 0 Å². The molecular weight excluding hydrogens is 228 g/mol. The molecule has 98 valence electrons. The molecule has 0 aromatic heterocycles. The molecule has 0 unspecified atom stereocenters. The topological polar surface area (TPSA) is 29.3 Å². The Balaban J connectivity index is 1.82. The molecule has 0 radical (unpaired) electrons. The van der Waals surface area contributed by atoms with Gasteiger partial charge in [0.05, 0.1) is 4.99 Å². The first-order valence-electron chi connectivity index (χ1n) is 7.03. The quantitative estimate of drug-likeness (QED) is 0.675. The third kappa shape index (κ3) is 4.22. The van der Waals surface area contributed by atoms with Crippen molar-refractivity contribution in [3.8, 4) is 0 Å². The average Bonchev–Trinajstić information content (AvgIpc) is 3.05. The molecule has 2 fully saturated rings. The van der Waals surface area contributed by atoms with E-state index in [1.54, 1.807) is 0 Å². The average molecular weight is 254 g/mol. The van der Waals surface area contributed by atoms with Gasteiger partial charge in [-0.3, -0.25) is 4.90 Å². The van der Waals surface area contributed by atoms with Crippen LogP contribution in [0.3, 0.4) is 0 Å². The minimum absolute atomic E-state index is 0.464. The van der Waals surface area contributed by atoms with Crippen molar-refractivity contribution >= 4 is 17.2 Å². The van der Waals surface area contributed by atoms with E-state index in [0.717, 1.165) is 18.4 Å². The molecule has 2 rings (SSSR count). The van der Waals surface area contributed by atoms with E-state index in [2.05, 4.69) is 18.7 Å². The maximum atomic E-state index is 5.72. The highest BCUT2D eigenvalue weighted by Gasteiger charge is 2.46. The first-order chi connectivity index (χ1) is 8.01. The monoisotopic (exact) mass is 254 g/mol. The van der Waals surface area contributed by atoms with Crippen LogP contribution in [-0.2, 0) is 0 Å². The number of nitrogens with two attached hydrogens (primary N) is 1. The number of hydrogen-bond donors (Lipinski definition) is 1. The molecule has 3 heteroatoms. The van der Waals surface area contributed by atoms with Gasteiger partial charge in [0.1, 0.15) is 0 Å². The molecule has 0 saturated heterocycles. The third-order valence-electron chi connectivity index (χ3n) is 4.10. The molecule has 2 aliphatic rings. The first kappa shape index (κ1) is 13.3. The molecule has 0 amide bonds. The zero-order valence-electron chi connectivity index (χ0n) is 11.2. The van der Waals surface area contributed by atoms with E-state index in [0.29, 0.717) is 10.4 Å². The lowest BCUT2D eigenvalue weighted by molar-refractivity contribution is 0.202. The summed E-state index contributed by atoms with van der Waals surface area (Å²) in [6.07, 6.45) is 7.75. The van der Waals surface area contributed by atoms with Gasteiger partial charge in [0.25, 0.3) is 0 Å². The van der Waals surface area contributed by atoms with Gasteiger partial charge in [0.2, 0.25) is 0 Å². The molecule has 0 atom stereocenters. The van der Waals surface area contributed by atoms with Crippen LogP contribution >= 0.6 is 12.2 Å². The van der Waals surface area contributed by atoms with E-state index in [1.165, 1.54) is 45.2 Å². The lowest BCUT2D eigenvalue weighted by atomic mass is 10.0. The number of rotatable bonds is 8. The normalized spacial score (nSPS) is 22.1. The molecule has 0 aromatic rings. The van der Waals surface area contributed by atoms with Crippen molar-refractivity contribution in [2.45, 2.75) is 58.4 Å². The van der Waals surface area contributed by atoms with Crippen LogP contribution in [0.4, 0.5) is 0 Å². The zero-order valence-corrected chi connectivity index (χ0v) is 12.1. The lowest BCUT2D eigenvalue weighted by Gasteiger charge is -2.28. The fraction of sp³-hybridized carbons (Fsp3) is 0.929. The number of nitrogens with zero attached hydrogens (tertiary/aromatic N) is 1. The van der Waals surface area contributed by atoms with Crippen LogP contribution in [0.15, 0.2) is 0 Å². The maximum Gasteiger partial charge on any atom is 0.0733 e. The highest BCUT2D eigenvalue weighted by Crippen LogP contribution is 2.50. The summed E-state index contributed by atoms with van der Waals surface area (Å²) in [5.74, 6) is 0.807. The van der Waals surface area contributed by atoms with E-state index < -0.39 is 0 Å². The Bertz CT molecular complexity index is 280. The summed E-state index contributed by atoms with van der Waals surface area (Å²) in [5, 5.41) is 0. The number of thiocarbonyl (C=S) groups is 1. The van der Waals surface area contributed by atoms with Crippen molar-refractivity contribution in [2.24, 2.45) is 17.1 Å². The second kappa shape index (κ2) is 5.23. The molecule has 0 aromatic carbocycles. The smallest absolute Gasteiger partial charge is 0.0733 e. The molecular formula is C14H26N2S. The molecule has 2 N–H and O–H groups in total. The Hall–Kier alpha value is -0.150. The van der Waals surface area contributed by atoms with Crippen molar-refractivity contribution < 1.29 is 0 Å². The van der Waals surface area contributed by atoms with Crippen LogP contribution in [0.2, 0.25) is 0 Å². The molecule has 0 spiro atoms. The van der Waals surface area contributed by atoms with Gasteiger partial charge in [0.15, 0.2) is 0 Å². The van der Waals surface area contributed by atoms with E-state index in [4.69, 9.17) is 18.0 Å². The molecule has 0 heterocycles. The largest absolute Gasteiger partial charge is 0.393 e. The van der Waals surface area contributed by atoms with Crippen LogP contribution in [0.1, 0.15) is 52.4 Å². The van der Waals surface area contributed by atoms with E-state index >= 15 is 0 Å². The SMILES string of the molecule is CC(C)CCN(CC1(CC(N)=S)CC1)C1CC1.